The number of hydrogen-bond donors (Lipinski definition) is 0. The van der Waals surface area contributed by atoms with Crippen LogP contribution in [0.5, 0.6) is 0 Å². The van der Waals surface area contributed by atoms with Crippen molar-refractivity contribution in [3.05, 3.63) is 52.6 Å². The molecule has 3 heterocycles. The number of ether oxygens (including phenoxy) is 2. The first-order valence-electron chi connectivity index (χ1n) is 11.4. The molecule has 10 heteroatoms. The number of imide groups is 1. The van der Waals surface area contributed by atoms with Crippen molar-refractivity contribution in [2.24, 2.45) is 0 Å². The number of amides is 3. The van der Waals surface area contributed by atoms with Gasteiger partial charge in [-0.1, -0.05) is 25.5 Å². The topological polar surface area (TPSA) is 106 Å². The molecule has 1 aromatic carbocycles. The number of unbranched alkanes of at least 4 members (excludes halogenated alkanes) is 1. The van der Waals surface area contributed by atoms with E-state index in [0.717, 1.165) is 35.1 Å². The molecule has 35 heavy (non-hydrogen) atoms. The molecule has 0 saturated carbocycles. The molecule has 0 atom stereocenters. The highest BCUT2D eigenvalue weighted by Crippen LogP contribution is 2.33. The molecule has 2 aliphatic rings. The summed E-state index contributed by atoms with van der Waals surface area (Å²) in [6.45, 7) is 3.91. The second kappa shape index (κ2) is 11.4. The first-order chi connectivity index (χ1) is 17.0. The molecule has 1 aromatic heterocycles. The zero-order chi connectivity index (χ0) is 24.8. The third kappa shape index (κ3) is 6.01. The van der Waals surface area contributed by atoms with Crippen LogP contribution in [-0.2, 0) is 19.1 Å². The van der Waals surface area contributed by atoms with Crippen molar-refractivity contribution < 1.29 is 33.1 Å². The van der Waals surface area contributed by atoms with Crippen LogP contribution in [0.15, 0.2) is 45.7 Å². The van der Waals surface area contributed by atoms with Crippen LogP contribution in [0.1, 0.15) is 35.9 Å². The summed E-state index contributed by atoms with van der Waals surface area (Å²) in [5.41, 5.74) is 1.20. The number of rotatable bonds is 8. The lowest BCUT2D eigenvalue weighted by Crippen LogP contribution is -2.46. The Bertz CT molecular complexity index is 1130. The quantitative estimate of drug-likeness (QED) is 0.307. The van der Waals surface area contributed by atoms with Gasteiger partial charge in [0.25, 0.3) is 11.1 Å². The van der Waals surface area contributed by atoms with Gasteiger partial charge in [0.1, 0.15) is 18.1 Å². The van der Waals surface area contributed by atoms with Crippen LogP contribution in [-0.4, -0.2) is 72.3 Å². The van der Waals surface area contributed by atoms with Gasteiger partial charge in [-0.25, -0.2) is 4.79 Å². The Morgan fingerprint density at radius 1 is 1.09 bits per heavy atom. The average molecular weight is 499 g/mol. The maximum absolute atomic E-state index is 12.7. The van der Waals surface area contributed by atoms with Crippen LogP contribution >= 0.6 is 11.8 Å². The Hall–Kier alpha value is -3.37. The summed E-state index contributed by atoms with van der Waals surface area (Å²) in [6, 6.07) is 10.3. The summed E-state index contributed by atoms with van der Waals surface area (Å²) in [7, 11) is 0. The van der Waals surface area contributed by atoms with Gasteiger partial charge in [0.2, 0.25) is 5.91 Å². The van der Waals surface area contributed by atoms with E-state index in [1.54, 1.807) is 41.3 Å². The van der Waals surface area contributed by atoms with E-state index in [4.69, 9.17) is 13.9 Å². The number of esters is 1. The number of carbonyl (C=O) groups is 4. The summed E-state index contributed by atoms with van der Waals surface area (Å²) in [5, 5.41) is -0.490. The highest BCUT2D eigenvalue weighted by molar-refractivity contribution is 8.18. The number of benzene rings is 1. The van der Waals surface area contributed by atoms with Gasteiger partial charge < -0.3 is 18.8 Å². The van der Waals surface area contributed by atoms with Crippen LogP contribution in [0, 0.1) is 0 Å². The summed E-state index contributed by atoms with van der Waals surface area (Å²) >= 11 is 0.775. The molecule has 9 nitrogen and oxygen atoms in total. The van der Waals surface area contributed by atoms with E-state index < -0.39 is 11.1 Å². The van der Waals surface area contributed by atoms with Crippen molar-refractivity contribution in [1.82, 2.24) is 9.80 Å². The largest absolute Gasteiger partial charge is 0.462 e. The Morgan fingerprint density at radius 3 is 2.54 bits per heavy atom. The van der Waals surface area contributed by atoms with Crippen molar-refractivity contribution in [3.8, 4) is 11.3 Å². The predicted molar refractivity (Wildman–Crippen MR) is 129 cm³/mol. The van der Waals surface area contributed by atoms with Gasteiger partial charge in [0, 0.05) is 24.7 Å². The number of furan rings is 1. The van der Waals surface area contributed by atoms with Gasteiger partial charge >= 0.3 is 5.97 Å². The third-order valence-corrected chi connectivity index (χ3v) is 6.47. The number of morpholine rings is 1. The Morgan fingerprint density at radius 2 is 1.83 bits per heavy atom. The van der Waals surface area contributed by atoms with Gasteiger partial charge in [0.05, 0.1) is 30.3 Å². The van der Waals surface area contributed by atoms with Gasteiger partial charge in [-0.3, -0.25) is 19.3 Å². The first kappa shape index (κ1) is 24.7. The third-order valence-electron chi connectivity index (χ3n) is 5.57. The van der Waals surface area contributed by atoms with E-state index in [1.165, 1.54) is 6.08 Å². The lowest BCUT2D eigenvalue weighted by molar-refractivity contribution is -0.139. The molecular weight excluding hydrogens is 472 g/mol. The van der Waals surface area contributed by atoms with Gasteiger partial charge in [-0.2, -0.15) is 0 Å². The van der Waals surface area contributed by atoms with E-state index in [-0.39, 0.29) is 23.3 Å². The summed E-state index contributed by atoms with van der Waals surface area (Å²) in [4.78, 5) is 52.4. The lowest BCUT2D eigenvalue weighted by Gasteiger charge is -2.27. The SMILES string of the molecule is CCCCOC(=O)c1ccc(-c2ccc(/C=C3\SC(=O)N(CC(=O)N4CCOCC4)C3=O)o2)cc1. The molecule has 0 bridgehead atoms. The molecule has 4 rings (SSSR count). The fourth-order valence-electron chi connectivity index (χ4n) is 3.56. The van der Waals surface area contributed by atoms with E-state index in [0.29, 0.717) is 50.0 Å². The minimum atomic E-state index is -0.523. The van der Waals surface area contributed by atoms with Gasteiger partial charge in [0.15, 0.2) is 0 Å². The summed E-state index contributed by atoms with van der Waals surface area (Å²) < 4.78 is 16.3. The normalized spacial score (nSPS) is 17.3. The molecule has 0 radical (unpaired) electrons. The smallest absolute Gasteiger partial charge is 0.338 e. The minimum absolute atomic E-state index is 0.191. The zero-order valence-corrected chi connectivity index (χ0v) is 20.2. The highest BCUT2D eigenvalue weighted by atomic mass is 32.2. The van der Waals surface area contributed by atoms with E-state index in [9.17, 15) is 19.2 Å². The fraction of sp³-hybridized carbons (Fsp3) is 0.360. The number of nitrogens with zero attached hydrogens (tertiary/aromatic N) is 2. The van der Waals surface area contributed by atoms with E-state index in [1.807, 2.05) is 6.92 Å². The molecule has 0 unspecified atom stereocenters. The minimum Gasteiger partial charge on any atom is -0.462 e. The Kier molecular flexibility index (Phi) is 8.04. The first-order valence-corrected chi connectivity index (χ1v) is 12.3. The molecule has 2 aromatic rings. The van der Waals surface area contributed by atoms with E-state index >= 15 is 0 Å². The predicted octanol–water partition coefficient (Wildman–Crippen LogP) is 3.80. The molecule has 0 spiro atoms. The van der Waals surface area contributed by atoms with Crippen LogP contribution in [0.3, 0.4) is 0 Å². The maximum atomic E-state index is 12.7. The van der Waals surface area contributed by atoms with Crippen LogP contribution in [0.25, 0.3) is 17.4 Å². The van der Waals surface area contributed by atoms with Crippen molar-refractivity contribution in [2.75, 3.05) is 39.5 Å². The van der Waals surface area contributed by atoms with Crippen molar-refractivity contribution in [3.63, 3.8) is 0 Å². The monoisotopic (exact) mass is 498 g/mol. The fourth-order valence-corrected chi connectivity index (χ4v) is 4.38. The van der Waals surface area contributed by atoms with Crippen LogP contribution in [0.2, 0.25) is 0 Å². The molecule has 0 aliphatic carbocycles. The Balaban J connectivity index is 1.39. The summed E-state index contributed by atoms with van der Waals surface area (Å²) in [6.07, 6.45) is 3.27. The molecule has 0 N–H and O–H groups in total. The Labute approximate surface area is 207 Å². The molecule has 2 saturated heterocycles. The van der Waals surface area contributed by atoms with Crippen molar-refractivity contribution >= 4 is 40.9 Å². The van der Waals surface area contributed by atoms with Gasteiger partial charge in [-0.05, 0) is 42.4 Å². The number of carbonyl (C=O) groups excluding carboxylic acids is 4. The van der Waals surface area contributed by atoms with E-state index in [2.05, 4.69) is 0 Å². The molecule has 3 amide bonds. The molecule has 184 valence electrons. The lowest BCUT2D eigenvalue weighted by atomic mass is 10.1. The van der Waals surface area contributed by atoms with Crippen LogP contribution < -0.4 is 0 Å². The number of hydrogen-bond acceptors (Lipinski definition) is 8. The zero-order valence-electron chi connectivity index (χ0n) is 19.4. The molecule has 2 fully saturated rings. The average Bonchev–Trinajstić information content (AvgIpc) is 3.45. The van der Waals surface area contributed by atoms with Crippen molar-refractivity contribution in [2.45, 2.75) is 19.8 Å². The maximum Gasteiger partial charge on any atom is 0.338 e. The second-order valence-corrected chi connectivity index (χ2v) is 9.02. The number of thioether (sulfide) groups is 1. The summed E-state index contributed by atoms with van der Waals surface area (Å²) in [5.74, 6) is -0.231. The second-order valence-electron chi connectivity index (χ2n) is 8.03. The molecular formula is C25H26N2O7S. The standard InChI is InChI=1S/C25H26N2O7S/c1-2-3-12-33-24(30)18-6-4-17(5-7-18)20-9-8-19(34-20)15-21-23(29)27(25(31)35-21)16-22(28)26-10-13-32-14-11-26/h4-9,15H,2-3,10-14,16H2,1H3/b21-15-. The molecule has 2 aliphatic heterocycles. The van der Waals surface area contributed by atoms with Crippen molar-refractivity contribution in [1.29, 1.82) is 0 Å². The van der Waals surface area contributed by atoms with Gasteiger partial charge in [-0.15, -0.1) is 0 Å². The highest BCUT2D eigenvalue weighted by Gasteiger charge is 2.37. The van der Waals surface area contributed by atoms with Crippen LogP contribution in [0.4, 0.5) is 4.79 Å².